The summed E-state index contributed by atoms with van der Waals surface area (Å²) in [5, 5.41) is 11.7. The van der Waals surface area contributed by atoms with Gasteiger partial charge in [0.1, 0.15) is 5.75 Å². The lowest BCUT2D eigenvalue weighted by atomic mass is 9.67. The van der Waals surface area contributed by atoms with Gasteiger partial charge in [-0.1, -0.05) is 24.3 Å². The Balaban J connectivity index is 1.63. The highest BCUT2D eigenvalue weighted by Crippen LogP contribution is 2.49. The first-order valence-corrected chi connectivity index (χ1v) is 11.7. The third-order valence-electron chi connectivity index (χ3n) is 6.62. The lowest BCUT2D eigenvalue weighted by Crippen LogP contribution is -2.43. The number of benzene rings is 2. The molecule has 1 saturated heterocycles. The molecule has 30 heavy (non-hydrogen) atoms. The average molecular weight is 430 g/mol. The van der Waals surface area contributed by atoms with Crippen molar-refractivity contribution in [2.24, 2.45) is 11.8 Å². The van der Waals surface area contributed by atoms with E-state index in [1.165, 1.54) is 23.4 Å². The van der Waals surface area contributed by atoms with Crippen LogP contribution >= 0.6 is 0 Å². The van der Waals surface area contributed by atoms with E-state index in [4.69, 9.17) is 4.74 Å². The molecule has 0 spiro atoms. The molecule has 6 nitrogen and oxygen atoms in total. The highest BCUT2D eigenvalue weighted by Gasteiger charge is 2.52. The average Bonchev–Trinajstić information content (AvgIpc) is 3.21. The molecule has 3 atom stereocenters. The largest absolute Gasteiger partial charge is 0.497 e. The molecule has 2 aliphatic rings. The van der Waals surface area contributed by atoms with Crippen LogP contribution in [0.3, 0.4) is 0 Å². The molecular formula is C23H27NO5S. The normalized spacial score (nSPS) is 26.9. The Labute approximate surface area is 177 Å². The summed E-state index contributed by atoms with van der Waals surface area (Å²) in [5.74, 6) is 0.497. The Hall–Kier alpha value is -2.22. The molecule has 0 aromatic heterocycles. The van der Waals surface area contributed by atoms with Gasteiger partial charge in [0.2, 0.25) is 10.0 Å². The van der Waals surface area contributed by atoms with Crippen molar-refractivity contribution < 1.29 is 23.1 Å². The minimum atomic E-state index is -3.70. The molecule has 1 aliphatic heterocycles. The fraction of sp³-hybridized carbons (Fsp3) is 0.435. The molecule has 2 fully saturated rings. The maximum atomic E-state index is 13.2. The molecule has 1 heterocycles. The third-order valence-corrected chi connectivity index (χ3v) is 8.47. The summed E-state index contributed by atoms with van der Waals surface area (Å²) in [6, 6.07) is 13.5. The van der Waals surface area contributed by atoms with Gasteiger partial charge in [-0.3, -0.25) is 4.79 Å². The molecule has 1 N–H and O–H groups in total. The predicted molar refractivity (Wildman–Crippen MR) is 113 cm³/mol. The first kappa shape index (κ1) is 21.0. The standard InChI is InChI=1S/C23H27NO5S/c1-16(25)17-8-10-21(11-9-17)30(27,28)24-14-18-5-4-12-23(26,22(18)15-24)19-6-3-7-20(13-19)29-2/h3,6-11,13,18,22,26H,4-5,12,14-15H2,1-2H3/t18-,22+,23-/m1/s1. The van der Waals surface area contributed by atoms with Crippen LogP contribution in [0.2, 0.25) is 0 Å². The number of methoxy groups -OCH3 is 1. The van der Waals surface area contributed by atoms with Crippen molar-refractivity contribution in [2.75, 3.05) is 20.2 Å². The molecule has 0 unspecified atom stereocenters. The van der Waals surface area contributed by atoms with Crippen LogP contribution in [-0.2, 0) is 15.6 Å². The van der Waals surface area contributed by atoms with E-state index < -0.39 is 15.6 Å². The Kier molecular flexibility index (Phi) is 5.46. The van der Waals surface area contributed by atoms with Gasteiger partial charge < -0.3 is 9.84 Å². The van der Waals surface area contributed by atoms with Crippen molar-refractivity contribution in [1.82, 2.24) is 4.31 Å². The van der Waals surface area contributed by atoms with Gasteiger partial charge in [0.25, 0.3) is 0 Å². The van der Waals surface area contributed by atoms with Crippen LogP contribution in [0.5, 0.6) is 5.75 Å². The summed E-state index contributed by atoms with van der Waals surface area (Å²) in [5.41, 5.74) is 0.179. The second-order valence-electron chi connectivity index (χ2n) is 8.32. The van der Waals surface area contributed by atoms with Crippen LogP contribution in [0.15, 0.2) is 53.4 Å². The van der Waals surface area contributed by atoms with Crippen LogP contribution in [0.1, 0.15) is 42.1 Å². The van der Waals surface area contributed by atoms with Crippen LogP contribution in [0.25, 0.3) is 0 Å². The summed E-state index contributed by atoms with van der Waals surface area (Å²) in [6.45, 7) is 2.12. The number of hydrogen-bond donors (Lipinski definition) is 1. The monoisotopic (exact) mass is 429 g/mol. The summed E-state index contributed by atoms with van der Waals surface area (Å²) in [6.07, 6.45) is 2.34. The SMILES string of the molecule is COc1cccc([C@]2(O)CCC[C@@H]3CN(S(=O)(=O)c4ccc(C(C)=O)cc4)C[C@@H]32)c1. The predicted octanol–water partition coefficient (Wildman–Crippen LogP) is 3.21. The van der Waals surface area contributed by atoms with Crippen molar-refractivity contribution in [3.63, 3.8) is 0 Å². The number of ether oxygens (including phenoxy) is 1. The van der Waals surface area contributed by atoms with Gasteiger partial charge in [-0.2, -0.15) is 4.31 Å². The summed E-state index contributed by atoms with van der Waals surface area (Å²) in [4.78, 5) is 11.7. The van der Waals surface area contributed by atoms with E-state index in [0.717, 1.165) is 18.4 Å². The van der Waals surface area contributed by atoms with E-state index in [1.807, 2.05) is 24.3 Å². The molecule has 0 bridgehead atoms. The van der Waals surface area contributed by atoms with Gasteiger partial charge in [0.15, 0.2) is 5.78 Å². The molecular weight excluding hydrogens is 402 g/mol. The van der Waals surface area contributed by atoms with E-state index in [0.29, 0.717) is 24.3 Å². The molecule has 7 heteroatoms. The minimum absolute atomic E-state index is 0.0984. The molecule has 2 aromatic carbocycles. The maximum Gasteiger partial charge on any atom is 0.243 e. The van der Waals surface area contributed by atoms with E-state index in [2.05, 4.69) is 0 Å². The molecule has 2 aromatic rings. The van der Waals surface area contributed by atoms with Crippen LogP contribution in [0.4, 0.5) is 0 Å². The van der Waals surface area contributed by atoms with Crippen molar-refractivity contribution >= 4 is 15.8 Å². The Morgan fingerprint density at radius 3 is 2.57 bits per heavy atom. The number of Topliss-reactive ketones (excluding diaryl/α,β-unsaturated/α-hetero) is 1. The van der Waals surface area contributed by atoms with Crippen LogP contribution in [0, 0.1) is 11.8 Å². The van der Waals surface area contributed by atoms with E-state index >= 15 is 0 Å². The Morgan fingerprint density at radius 1 is 1.17 bits per heavy atom. The molecule has 0 amide bonds. The van der Waals surface area contributed by atoms with Crippen LogP contribution in [-0.4, -0.2) is 43.8 Å². The number of fused-ring (bicyclic) bond motifs is 1. The van der Waals surface area contributed by atoms with E-state index in [1.54, 1.807) is 19.2 Å². The number of carbonyl (C=O) groups excluding carboxylic acids is 1. The lowest BCUT2D eigenvalue weighted by Gasteiger charge is -2.41. The smallest absolute Gasteiger partial charge is 0.243 e. The zero-order valence-electron chi connectivity index (χ0n) is 17.2. The van der Waals surface area contributed by atoms with Gasteiger partial charge in [-0.05, 0) is 61.9 Å². The number of rotatable bonds is 5. The number of carbonyl (C=O) groups is 1. The first-order valence-electron chi connectivity index (χ1n) is 10.2. The lowest BCUT2D eigenvalue weighted by molar-refractivity contribution is -0.0641. The van der Waals surface area contributed by atoms with Crippen molar-refractivity contribution in [2.45, 2.75) is 36.7 Å². The maximum absolute atomic E-state index is 13.2. The minimum Gasteiger partial charge on any atom is -0.497 e. The van der Waals surface area contributed by atoms with Gasteiger partial charge in [0.05, 0.1) is 17.6 Å². The highest BCUT2D eigenvalue weighted by molar-refractivity contribution is 7.89. The fourth-order valence-corrected chi connectivity index (χ4v) is 6.46. The summed E-state index contributed by atoms with van der Waals surface area (Å²) in [7, 11) is -2.11. The summed E-state index contributed by atoms with van der Waals surface area (Å²) < 4.78 is 33.3. The van der Waals surface area contributed by atoms with E-state index in [9.17, 15) is 18.3 Å². The van der Waals surface area contributed by atoms with Gasteiger partial charge in [-0.25, -0.2) is 8.42 Å². The van der Waals surface area contributed by atoms with Crippen LogP contribution < -0.4 is 4.74 Å². The van der Waals surface area contributed by atoms with Gasteiger partial charge in [0, 0.05) is 24.6 Å². The topological polar surface area (TPSA) is 83.9 Å². The molecule has 1 aliphatic carbocycles. The molecule has 0 radical (unpaired) electrons. The van der Waals surface area contributed by atoms with Gasteiger partial charge in [-0.15, -0.1) is 0 Å². The van der Waals surface area contributed by atoms with E-state index in [-0.39, 0.29) is 29.1 Å². The zero-order chi connectivity index (χ0) is 21.5. The van der Waals surface area contributed by atoms with Crippen molar-refractivity contribution in [3.05, 3.63) is 59.7 Å². The zero-order valence-corrected chi connectivity index (χ0v) is 18.1. The second-order valence-corrected chi connectivity index (χ2v) is 10.3. The van der Waals surface area contributed by atoms with Crippen molar-refractivity contribution in [1.29, 1.82) is 0 Å². The highest BCUT2D eigenvalue weighted by atomic mass is 32.2. The number of ketones is 1. The number of hydrogen-bond acceptors (Lipinski definition) is 5. The fourth-order valence-electron chi connectivity index (χ4n) is 4.94. The Bertz CT molecular complexity index is 1050. The number of nitrogens with zero attached hydrogens (tertiary/aromatic N) is 1. The first-order chi connectivity index (χ1) is 14.3. The quantitative estimate of drug-likeness (QED) is 0.738. The molecule has 4 rings (SSSR count). The Morgan fingerprint density at radius 2 is 1.90 bits per heavy atom. The van der Waals surface area contributed by atoms with Crippen molar-refractivity contribution in [3.8, 4) is 5.75 Å². The number of aliphatic hydroxyl groups is 1. The second kappa shape index (κ2) is 7.80. The summed E-state index contributed by atoms with van der Waals surface area (Å²) >= 11 is 0. The third kappa shape index (κ3) is 3.55. The molecule has 1 saturated carbocycles. The number of sulfonamides is 1. The molecule has 160 valence electrons. The van der Waals surface area contributed by atoms with Gasteiger partial charge >= 0.3 is 0 Å².